The summed E-state index contributed by atoms with van der Waals surface area (Å²) in [6, 6.07) is 5.55. The SMILES string of the molecule is COc1cc(-c2cc(C(=O)NC[C@H]3CCCN3c3nccs3)[nH]n2)cc(OC)c1OC. The second kappa shape index (κ2) is 9.25. The van der Waals surface area contributed by atoms with E-state index in [0.717, 1.165) is 30.1 Å². The molecule has 1 amide bonds. The molecule has 31 heavy (non-hydrogen) atoms. The zero-order valence-corrected chi connectivity index (χ0v) is 18.5. The van der Waals surface area contributed by atoms with Crippen LogP contribution in [0, 0.1) is 0 Å². The smallest absolute Gasteiger partial charge is 0.269 e. The number of anilines is 1. The summed E-state index contributed by atoms with van der Waals surface area (Å²) in [5, 5.41) is 13.1. The summed E-state index contributed by atoms with van der Waals surface area (Å²) in [6.07, 6.45) is 3.93. The number of hydrogen-bond donors (Lipinski definition) is 2. The molecule has 0 aliphatic carbocycles. The number of rotatable bonds is 8. The van der Waals surface area contributed by atoms with Crippen molar-refractivity contribution in [3.63, 3.8) is 0 Å². The summed E-state index contributed by atoms with van der Waals surface area (Å²) in [5.74, 6) is 1.35. The molecule has 3 heterocycles. The highest BCUT2D eigenvalue weighted by molar-refractivity contribution is 7.13. The van der Waals surface area contributed by atoms with Gasteiger partial charge in [-0.25, -0.2) is 4.98 Å². The number of benzene rings is 1. The molecule has 1 fully saturated rings. The molecule has 10 heteroatoms. The van der Waals surface area contributed by atoms with E-state index in [9.17, 15) is 4.79 Å². The fourth-order valence-corrected chi connectivity index (χ4v) is 4.52. The van der Waals surface area contributed by atoms with E-state index in [0.29, 0.717) is 35.2 Å². The highest BCUT2D eigenvalue weighted by Crippen LogP contribution is 2.40. The largest absolute Gasteiger partial charge is 0.493 e. The zero-order chi connectivity index (χ0) is 21.8. The molecule has 4 rings (SSSR count). The highest BCUT2D eigenvalue weighted by atomic mass is 32.1. The van der Waals surface area contributed by atoms with E-state index in [1.165, 1.54) is 0 Å². The fourth-order valence-electron chi connectivity index (χ4n) is 3.78. The zero-order valence-electron chi connectivity index (χ0n) is 17.7. The number of amides is 1. The van der Waals surface area contributed by atoms with E-state index in [1.807, 2.05) is 11.6 Å². The van der Waals surface area contributed by atoms with Crippen LogP contribution < -0.4 is 24.4 Å². The first-order chi connectivity index (χ1) is 15.1. The van der Waals surface area contributed by atoms with Crippen molar-refractivity contribution >= 4 is 22.4 Å². The summed E-state index contributed by atoms with van der Waals surface area (Å²) >= 11 is 1.62. The Morgan fingerprint density at radius 1 is 1.23 bits per heavy atom. The molecule has 1 saturated heterocycles. The molecule has 0 unspecified atom stereocenters. The molecular weight excluding hydrogens is 418 g/mol. The van der Waals surface area contributed by atoms with Crippen LogP contribution in [0.25, 0.3) is 11.3 Å². The maximum absolute atomic E-state index is 12.7. The third-order valence-corrected chi connectivity index (χ3v) is 6.13. The number of hydrogen-bond acceptors (Lipinski definition) is 8. The second-order valence-corrected chi connectivity index (χ2v) is 7.97. The van der Waals surface area contributed by atoms with Gasteiger partial charge in [0.2, 0.25) is 5.75 Å². The standard InChI is InChI=1S/C21H25N5O4S/c1-28-17-9-13(10-18(29-2)19(17)30-3)15-11-16(25-24-15)20(27)23-12-14-5-4-7-26(14)21-22-6-8-31-21/h6,8-11,14H,4-5,7,12H2,1-3H3,(H,23,27)(H,24,25)/t14-/m1/s1. The van der Waals surface area contributed by atoms with Crippen LogP contribution in [0.1, 0.15) is 23.3 Å². The van der Waals surface area contributed by atoms with Crippen molar-refractivity contribution in [1.82, 2.24) is 20.5 Å². The predicted octanol–water partition coefficient (Wildman–Crippen LogP) is 2.96. The van der Waals surface area contributed by atoms with E-state index in [1.54, 1.807) is 50.9 Å². The summed E-state index contributed by atoms with van der Waals surface area (Å²) < 4.78 is 16.2. The van der Waals surface area contributed by atoms with Crippen molar-refractivity contribution in [2.45, 2.75) is 18.9 Å². The fraction of sp³-hybridized carbons (Fsp3) is 0.381. The Kier molecular flexibility index (Phi) is 6.26. The van der Waals surface area contributed by atoms with Crippen LogP contribution in [0.2, 0.25) is 0 Å². The van der Waals surface area contributed by atoms with Crippen molar-refractivity contribution in [2.24, 2.45) is 0 Å². The number of thiazole rings is 1. The Balaban J connectivity index is 1.46. The van der Waals surface area contributed by atoms with Gasteiger partial charge in [0.1, 0.15) is 5.69 Å². The Hall–Kier alpha value is -3.27. The Morgan fingerprint density at radius 2 is 2.00 bits per heavy atom. The minimum Gasteiger partial charge on any atom is -0.493 e. The van der Waals surface area contributed by atoms with Crippen LogP contribution in [-0.2, 0) is 0 Å². The van der Waals surface area contributed by atoms with Gasteiger partial charge in [-0.1, -0.05) is 0 Å². The summed E-state index contributed by atoms with van der Waals surface area (Å²) in [5.41, 5.74) is 1.74. The molecule has 9 nitrogen and oxygen atoms in total. The third kappa shape index (κ3) is 4.29. The first-order valence-corrected chi connectivity index (χ1v) is 10.8. The maximum atomic E-state index is 12.7. The lowest BCUT2D eigenvalue weighted by Gasteiger charge is -2.24. The number of carbonyl (C=O) groups is 1. The Labute approximate surface area is 184 Å². The minimum absolute atomic E-state index is 0.197. The number of ether oxygens (including phenoxy) is 3. The summed E-state index contributed by atoms with van der Waals surface area (Å²) in [6.45, 7) is 1.51. The quantitative estimate of drug-likeness (QED) is 0.552. The van der Waals surface area contributed by atoms with Crippen LogP contribution in [0.5, 0.6) is 17.2 Å². The van der Waals surface area contributed by atoms with Gasteiger partial charge in [-0.15, -0.1) is 11.3 Å². The minimum atomic E-state index is -0.197. The highest BCUT2D eigenvalue weighted by Gasteiger charge is 2.27. The number of aromatic amines is 1. The molecule has 0 bridgehead atoms. The van der Waals surface area contributed by atoms with Gasteiger partial charge in [0.25, 0.3) is 5.91 Å². The molecule has 0 spiro atoms. The molecule has 1 aliphatic rings. The molecule has 1 atom stereocenters. The molecule has 1 aliphatic heterocycles. The van der Waals surface area contributed by atoms with Crippen LogP contribution in [0.3, 0.4) is 0 Å². The van der Waals surface area contributed by atoms with E-state index in [2.05, 4.69) is 25.4 Å². The Bertz CT molecular complexity index is 1010. The summed E-state index contributed by atoms with van der Waals surface area (Å²) in [7, 11) is 4.67. The van der Waals surface area contributed by atoms with E-state index >= 15 is 0 Å². The normalized spacial score (nSPS) is 15.7. The summed E-state index contributed by atoms with van der Waals surface area (Å²) in [4.78, 5) is 19.4. The van der Waals surface area contributed by atoms with Gasteiger partial charge in [-0.05, 0) is 31.0 Å². The van der Waals surface area contributed by atoms with Gasteiger partial charge in [0, 0.05) is 36.3 Å². The first-order valence-electron chi connectivity index (χ1n) is 9.94. The van der Waals surface area contributed by atoms with Gasteiger partial charge >= 0.3 is 0 Å². The van der Waals surface area contributed by atoms with Gasteiger partial charge in [-0.2, -0.15) is 5.10 Å². The van der Waals surface area contributed by atoms with Crippen molar-refractivity contribution < 1.29 is 19.0 Å². The molecule has 164 valence electrons. The number of methoxy groups -OCH3 is 3. The first kappa shape index (κ1) is 21.0. The monoisotopic (exact) mass is 443 g/mol. The van der Waals surface area contributed by atoms with Gasteiger partial charge in [0.15, 0.2) is 16.6 Å². The molecule has 1 aromatic carbocycles. The molecule has 0 radical (unpaired) electrons. The lowest BCUT2D eigenvalue weighted by atomic mass is 10.1. The number of nitrogens with one attached hydrogen (secondary N) is 2. The van der Waals surface area contributed by atoms with Crippen LogP contribution in [0.4, 0.5) is 5.13 Å². The van der Waals surface area contributed by atoms with Crippen molar-refractivity contribution in [1.29, 1.82) is 0 Å². The molecule has 2 aromatic heterocycles. The van der Waals surface area contributed by atoms with Crippen LogP contribution in [0.15, 0.2) is 29.8 Å². The van der Waals surface area contributed by atoms with Gasteiger partial charge in [-0.3, -0.25) is 9.89 Å². The topological polar surface area (TPSA) is 102 Å². The molecule has 3 aromatic rings. The average Bonchev–Trinajstić information content (AvgIpc) is 3.56. The molecular formula is C21H25N5O4S. The number of aromatic nitrogens is 3. The number of nitrogens with zero attached hydrogens (tertiary/aromatic N) is 3. The predicted molar refractivity (Wildman–Crippen MR) is 118 cm³/mol. The maximum Gasteiger partial charge on any atom is 0.269 e. The lowest BCUT2D eigenvalue weighted by Crippen LogP contribution is -2.40. The lowest BCUT2D eigenvalue weighted by molar-refractivity contribution is 0.0946. The third-order valence-electron chi connectivity index (χ3n) is 5.32. The number of carbonyl (C=O) groups excluding carboxylic acids is 1. The molecule has 2 N–H and O–H groups in total. The Morgan fingerprint density at radius 3 is 2.65 bits per heavy atom. The average molecular weight is 444 g/mol. The van der Waals surface area contributed by atoms with E-state index in [4.69, 9.17) is 14.2 Å². The van der Waals surface area contributed by atoms with Crippen LogP contribution in [-0.4, -0.2) is 61.5 Å². The van der Waals surface area contributed by atoms with Crippen LogP contribution >= 0.6 is 11.3 Å². The molecule has 0 saturated carbocycles. The van der Waals surface area contributed by atoms with Crippen molar-refractivity contribution in [3.8, 4) is 28.5 Å². The van der Waals surface area contributed by atoms with E-state index < -0.39 is 0 Å². The van der Waals surface area contributed by atoms with Crippen molar-refractivity contribution in [3.05, 3.63) is 35.5 Å². The van der Waals surface area contributed by atoms with Crippen molar-refractivity contribution in [2.75, 3.05) is 39.3 Å². The van der Waals surface area contributed by atoms with E-state index in [-0.39, 0.29) is 11.9 Å². The van der Waals surface area contributed by atoms with Gasteiger partial charge < -0.3 is 24.4 Å². The van der Waals surface area contributed by atoms with Gasteiger partial charge in [0.05, 0.1) is 27.0 Å². The number of H-pyrrole nitrogens is 1. The second-order valence-electron chi connectivity index (χ2n) is 7.10.